The van der Waals surface area contributed by atoms with Crippen LogP contribution in [-0.2, 0) is 0 Å². The lowest BCUT2D eigenvalue weighted by Gasteiger charge is -2.52. The molecular formula is C22H26O. The highest BCUT2D eigenvalue weighted by Crippen LogP contribution is 2.58. The average molecular weight is 306 g/mol. The van der Waals surface area contributed by atoms with Crippen molar-refractivity contribution in [3.63, 3.8) is 0 Å². The van der Waals surface area contributed by atoms with Crippen LogP contribution in [0.1, 0.15) is 50.2 Å². The molecule has 1 heteroatoms. The summed E-state index contributed by atoms with van der Waals surface area (Å²) in [7, 11) is 0. The quantitative estimate of drug-likeness (QED) is 0.758. The summed E-state index contributed by atoms with van der Waals surface area (Å²) in [5, 5.41) is 11.0. The molecule has 4 bridgehead atoms. The average Bonchev–Trinajstić information content (AvgIpc) is 3.03. The van der Waals surface area contributed by atoms with Crippen LogP contribution in [0.2, 0.25) is 0 Å². The first-order valence-electron chi connectivity index (χ1n) is 9.42. The molecule has 0 heterocycles. The Balaban J connectivity index is 1.50. The molecule has 0 amide bonds. The smallest absolute Gasteiger partial charge is 0.0890 e. The maximum Gasteiger partial charge on any atom is 0.0890 e. The van der Waals surface area contributed by atoms with E-state index in [1.54, 1.807) is 11.1 Å². The van der Waals surface area contributed by atoms with Gasteiger partial charge in [-0.2, -0.15) is 0 Å². The molecule has 1 aromatic rings. The maximum atomic E-state index is 11.0. The zero-order chi connectivity index (χ0) is 15.4. The summed E-state index contributed by atoms with van der Waals surface area (Å²) in [5.74, 6) is 3.91. The van der Waals surface area contributed by atoms with Crippen LogP contribution >= 0.6 is 0 Å². The molecule has 0 aliphatic heterocycles. The van der Waals surface area contributed by atoms with Gasteiger partial charge in [0.2, 0.25) is 0 Å². The highest BCUT2D eigenvalue weighted by atomic mass is 16.3. The van der Waals surface area contributed by atoms with Gasteiger partial charge in [0, 0.05) is 5.92 Å². The molecule has 0 radical (unpaired) electrons. The highest BCUT2D eigenvalue weighted by Gasteiger charge is 2.47. The largest absolute Gasteiger partial charge is 0.387 e. The summed E-state index contributed by atoms with van der Waals surface area (Å²) >= 11 is 0. The van der Waals surface area contributed by atoms with Crippen molar-refractivity contribution in [2.24, 2.45) is 29.6 Å². The molecule has 6 rings (SSSR count). The minimum atomic E-state index is -0.380. The van der Waals surface area contributed by atoms with Crippen LogP contribution in [0.4, 0.5) is 0 Å². The summed E-state index contributed by atoms with van der Waals surface area (Å²) < 4.78 is 0. The lowest BCUT2D eigenvalue weighted by molar-refractivity contribution is 0.0656. The van der Waals surface area contributed by atoms with E-state index in [0.29, 0.717) is 0 Å². The van der Waals surface area contributed by atoms with Crippen molar-refractivity contribution < 1.29 is 5.11 Å². The number of rotatable bonds is 2. The van der Waals surface area contributed by atoms with Gasteiger partial charge < -0.3 is 5.11 Å². The number of hydrogen-bond donors (Lipinski definition) is 1. The lowest BCUT2D eigenvalue weighted by Crippen LogP contribution is -2.41. The van der Waals surface area contributed by atoms with E-state index < -0.39 is 0 Å². The summed E-state index contributed by atoms with van der Waals surface area (Å²) in [4.78, 5) is 0. The van der Waals surface area contributed by atoms with Gasteiger partial charge in [-0.15, -0.1) is 0 Å². The molecule has 1 N–H and O–H groups in total. The molecule has 23 heavy (non-hydrogen) atoms. The zero-order valence-electron chi connectivity index (χ0n) is 13.7. The third-order valence-corrected chi connectivity index (χ3v) is 6.95. The molecule has 4 fully saturated rings. The molecule has 5 aliphatic rings. The molecule has 1 aromatic carbocycles. The number of hydrogen-bond acceptors (Lipinski definition) is 1. The topological polar surface area (TPSA) is 20.2 Å². The maximum absolute atomic E-state index is 11.0. The van der Waals surface area contributed by atoms with Crippen molar-refractivity contribution in [1.29, 1.82) is 0 Å². The Morgan fingerprint density at radius 3 is 2.17 bits per heavy atom. The SMILES string of the molecule is O[C@H](c1ccccc1)[C@H]1C=CCC1=C1C2CC3CC(C2)CC1C3. The summed E-state index contributed by atoms with van der Waals surface area (Å²) in [6, 6.07) is 10.2. The molecule has 0 spiro atoms. The van der Waals surface area contributed by atoms with E-state index in [1.165, 1.54) is 32.1 Å². The van der Waals surface area contributed by atoms with Gasteiger partial charge >= 0.3 is 0 Å². The number of aliphatic hydroxyl groups is 1. The van der Waals surface area contributed by atoms with E-state index in [4.69, 9.17) is 0 Å². The van der Waals surface area contributed by atoms with Crippen molar-refractivity contribution in [3.8, 4) is 0 Å². The van der Waals surface area contributed by atoms with Crippen LogP contribution in [-0.4, -0.2) is 5.11 Å². The van der Waals surface area contributed by atoms with Crippen LogP contribution in [0.5, 0.6) is 0 Å². The Labute approximate surface area is 139 Å². The second-order valence-electron chi connectivity index (χ2n) is 8.30. The monoisotopic (exact) mass is 306 g/mol. The fourth-order valence-corrected chi connectivity index (χ4v) is 6.27. The highest BCUT2D eigenvalue weighted by molar-refractivity contribution is 5.37. The molecule has 120 valence electrons. The first-order valence-corrected chi connectivity index (χ1v) is 9.42. The molecule has 1 nitrogen and oxygen atoms in total. The third-order valence-electron chi connectivity index (χ3n) is 6.95. The van der Waals surface area contributed by atoms with Crippen molar-refractivity contribution in [3.05, 3.63) is 59.2 Å². The summed E-state index contributed by atoms with van der Waals surface area (Å²) in [6.07, 6.45) is 12.5. The fraction of sp³-hybridized carbons (Fsp3) is 0.545. The Kier molecular flexibility index (Phi) is 3.26. The van der Waals surface area contributed by atoms with Crippen LogP contribution in [0.3, 0.4) is 0 Å². The summed E-state index contributed by atoms with van der Waals surface area (Å²) in [6.45, 7) is 0. The Morgan fingerprint density at radius 1 is 0.870 bits per heavy atom. The van der Waals surface area contributed by atoms with Gasteiger partial charge in [-0.3, -0.25) is 0 Å². The first kappa shape index (κ1) is 14.0. The van der Waals surface area contributed by atoms with Gasteiger partial charge in [0.1, 0.15) is 0 Å². The lowest BCUT2D eigenvalue weighted by atomic mass is 9.53. The van der Waals surface area contributed by atoms with Crippen LogP contribution < -0.4 is 0 Å². The summed E-state index contributed by atoms with van der Waals surface area (Å²) in [5.41, 5.74) is 4.42. The fourth-order valence-electron chi connectivity index (χ4n) is 6.27. The predicted octanol–water partition coefficient (Wildman–Crippen LogP) is 5.05. The van der Waals surface area contributed by atoms with Crippen LogP contribution in [0.25, 0.3) is 0 Å². The second-order valence-corrected chi connectivity index (χ2v) is 8.30. The molecule has 0 unspecified atom stereocenters. The molecule has 0 saturated heterocycles. The van der Waals surface area contributed by atoms with Crippen molar-refractivity contribution >= 4 is 0 Å². The van der Waals surface area contributed by atoms with E-state index in [-0.39, 0.29) is 12.0 Å². The van der Waals surface area contributed by atoms with Gasteiger partial charge in [-0.05, 0) is 67.8 Å². The second kappa shape index (κ2) is 5.34. The van der Waals surface area contributed by atoms with E-state index >= 15 is 0 Å². The van der Waals surface area contributed by atoms with Gasteiger partial charge in [0.05, 0.1) is 6.10 Å². The number of benzene rings is 1. The van der Waals surface area contributed by atoms with E-state index in [1.807, 2.05) is 18.2 Å². The van der Waals surface area contributed by atoms with Crippen molar-refractivity contribution in [2.45, 2.75) is 44.6 Å². The molecule has 2 atom stereocenters. The van der Waals surface area contributed by atoms with Gasteiger partial charge in [-0.25, -0.2) is 0 Å². The van der Waals surface area contributed by atoms with Gasteiger partial charge in [-0.1, -0.05) is 53.6 Å². The van der Waals surface area contributed by atoms with E-state index in [9.17, 15) is 5.11 Å². The standard InChI is InChI=1S/C22H26O/c23-22(16-5-2-1-3-6-16)20-8-4-7-19(20)21-17-10-14-9-15(12-17)13-18(21)11-14/h1-6,8,14-15,17-18,20,22-23H,7,9-13H2/t14?,15?,17?,18?,20-,22+/m0/s1. The third kappa shape index (κ3) is 2.24. The predicted molar refractivity (Wildman–Crippen MR) is 92.7 cm³/mol. The Morgan fingerprint density at radius 2 is 1.52 bits per heavy atom. The van der Waals surface area contributed by atoms with Gasteiger partial charge in [0.15, 0.2) is 0 Å². The number of aliphatic hydroxyl groups excluding tert-OH is 1. The Hall–Kier alpha value is -1.34. The minimum Gasteiger partial charge on any atom is -0.387 e. The van der Waals surface area contributed by atoms with Crippen molar-refractivity contribution in [2.75, 3.05) is 0 Å². The molecule has 0 aromatic heterocycles. The van der Waals surface area contributed by atoms with Crippen molar-refractivity contribution in [1.82, 2.24) is 0 Å². The van der Waals surface area contributed by atoms with E-state index in [0.717, 1.165) is 35.7 Å². The van der Waals surface area contributed by atoms with Crippen LogP contribution in [0, 0.1) is 29.6 Å². The van der Waals surface area contributed by atoms with E-state index in [2.05, 4.69) is 24.3 Å². The zero-order valence-corrected chi connectivity index (χ0v) is 13.7. The van der Waals surface area contributed by atoms with Crippen LogP contribution in [0.15, 0.2) is 53.6 Å². The molecule has 5 aliphatic carbocycles. The molecular weight excluding hydrogens is 280 g/mol. The molecule has 4 saturated carbocycles. The van der Waals surface area contributed by atoms with Gasteiger partial charge in [0.25, 0.3) is 0 Å². The Bertz CT molecular complexity index is 624. The first-order chi connectivity index (χ1) is 11.3. The number of allylic oxidation sites excluding steroid dienone is 2. The minimum absolute atomic E-state index is 0.213. The normalized spacial score (nSPS) is 39.3.